The van der Waals surface area contributed by atoms with Gasteiger partial charge >= 0.3 is 0 Å². The first-order valence-corrected chi connectivity index (χ1v) is 10.3. The number of rotatable bonds is 6. The molecule has 0 bridgehead atoms. The van der Waals surface area contributed by atoms with Crippen molar-refractivity contribution < 1.29 is 13.2 Å². The summed E-state index contributed by atoms with van der Waals surface area (Å²) in [6.45, 7) is 0. The highest BCUT2D eigenvalue weighted by Crippen LogP contribution is 2.22. The average molecular weight is 380 g/mol. The third kappa shape index (κ3) is 5.43. The van der Waals surface area contributed by atoms with Crippen LogP contribution in [-0.4, -0.2) is 20.6 Å². The molecule has 3 aromatic rings. The van der Waals surface area contributed by atoms with Crippen molar-refractivity contribution in [2.75, 3.05) is 16.3 Å². The second-order valence-electron chi connectivity index (χ2n) is 6.24. The number of para-hydroxylation sites is 1. The molecule has 5 nitrogen and oxygen atoms in total. The van der Waals surface area contributed by atoms with E-state index in [0.29, 0.717) is 12.1 Å². The minimum Gasteiger partial charge on any atom is -0.322 e. The Morgan fingerprint density at radius 3 is 2.11 bits per heavy atom. The number of hydrogen-bond acceptors (Lipinski definition) is 3. The van der Waals surface area contributed by atoms with Gasteiger partial charge in [-0.3, -0.25) is 9.52 Å². The molecule has 2 N–H and O–H groups in total. The topological polar surface area (TPSA) is 75.3 Å². The quantitative estimate of drug-likeness (QED) is 0.681. The van der Waals surface area contributed by atoms with E-state index < -0.39 is 10.0 Å². The van der Waals surface area contributed by atoms with Gasteiger partial charge in [-0.15, -0.1) is 0 Å². The molecular formula is C21H20N2O3S. The van der Waals surface area contributed by atoms with E-state index in [2.05, 4.69) is 10.0 Å². The minimum atomic E-state index is -3.51. The van der Waals surface area contributed by atoms with Gasteiger partial charge in [0.05, 0.1) is 17.5 Å². The van der Waals surface area contributed by atoms with Crippen LogP contribution in [0.25, 0.3) is 0 Å². The van der Waals surface area contributed by atoms with Crippen molar-refractivity contribution in [3.8, 4) is 0 Å². The van der Waals surface area contributed by atoms with Gasteiger partial charge in [0, 0.05) is 5.69 Å². The fraction of sp³-hybridized carbons (Fsp3) is 0.0952. The maximum Gasteiger partial charge on any atom is 0.257 e. The molecule has 0 atom stereocenters. The van der Waals surface area contributed by atoms with Gasteiger partial charge in [-0.25, -0.2) is 8.42 Å². The molecule has 0 fully saturated rings. The van der Waals surface area contributed by atoms with E-state index >= 15 is 0 Å². The van der Waals surface area contributed by atoms with E-state index in [4.69, 9.17) is 0 Å². The van der Waals surface area contributed by atoms with Crippen molar-refractivity contribution in [1.82, 2.24) is 0 Å². The molecule has 1 amide bonds. The smallest absolute Gasteiger partial charge is 0.257 e. The minimum absolute atomic E-state index is 0.253. The highest BCUT2D eigenvalue weighted by Gasteiger charge is 2.15. The third-order valence-corrected chi connectivity index (χ3v) is 4.50. The first-order chi connectivity index (χ1) is 12.9. The van der Waals surface area contributed by atoms with Crippen LogP contribution >= 0.6 is 0 Å². The van der Waals surface area contributed by atoms with Crippen LogP contribution in [0.5, 0.6) is 0 Å². The first kappa shape index (κ1) is 18.7. The van der Waals surface area contributed by atoms with Crippen LogP contribution in [0.4, 0.5) is 11.4 Å². The van der Waals surface area contributed by atoms with Crippen molar-refractivity contribution in [3.63, 3.8) is 0 Å². The molecule has 0 aliphatic heterocycles. The number of sulfonamides is 1. The van der Waals surface area contributed by atoms with Gasteiger partial charge in [-0.05, 0) is 41.8 Å². The van der Waals surface area contributed by atoms with Crippen LogP contribution in [0.3, 0.4) is 0 Å². The highest BCUT2D eigenvalue weighted by atomic mass is 32.2. The molecule has 0 heterocycles. The van der Waals surface area contributed by atoms with E-state index in [1.807, 2.05) is 54.6 Å². The molecule has 0 aromatic heterocycles. The largest absolute Gasteiger partial charge is 0.322 e. The number of carbonyl (C=O) groups excluding carboxylic acids is 1. The molecule has 0 radical (unpaired) electrons. The second-order valence-corrected chi connectivity index (χ2v) is 7.99. The standard InChI is InChI=1S/C21H20N2O3S/c1-27(25,26)23-20-13-12-17(14-16-8-4-2-5-9-16)15-19(20)21(24)22-18-10-6-3-7-11-18/h2-13,15,23H,14H2,1H3,(H,22,24). The second kappa shape index (κ2) is 8.05. The lowest BCUT2D eigenvalue weighted by atomic mass is 10.0. The zero-order valence-corrected chi connectivity index (χ0v) is 15.7. The molecule has 0 saturated carbocycles. The Morgan fingerprint density at radius 2 is 1.48 bits per heavy atom. The molecule has 6 heteroatoms. The number of amides is 1. The summed E-state index contributed by atoms with van der Waals surface area (Å²) in [6.07, 6.45) is 1.70. The summed E-state index contributed by atoms with van der Waals surface area (Å²) in [4.78, 5) is 12.8. The Kier molecular flexibility index (Phi) is 5.57. The van der Waals surface area contributed by atoms with Crippen molar-refractivity contribution >= 4 is 27.3 Å². The van der Waals surface area contributed by atoms with Crippen LogP contribution in [0.15, 0.2) is 78.9 Å². The maximum absolute atomic E-state index is 12.8. The van der Waals surface area contributed by atoms with Crippen LogP contribution in [0.2, 0.25) is 0 Å². The van der Waals surface area contributed by atoms with E-state index in [9.17, 15) is 13.2 Å². The summed E-state index contributed by atoms with van der Waals surface area (Å²) >= 11 is 0. The summed E-state index contributed by atoms with van der Waals surface area (Å²) < 4.78 is 25.8. The molecule has 3 aromatic carbocycles. The summed E-state index contributed by atoms with van der Waals surface area (Å²) in [5.74, 6) is -0.373. The molecule has 0 unspecified atom stereocenters. The van der Waals surface area contributed by atoms with E-state index in [1.54, 1.807) is 24.3 Å². The monoisotopic (exact) mass is 380 g/mol. The van der Waals surface area contributed by atoms with Crippen LogP contribution in [0, 0.1) is 0 Å². The van der Waals surface area contributed by atoms with E-state index in [-0.39, 0.29) is 17.2 Å². The Labute approximate surface area is 159 Å². The molecule has 0 aliphatic rings. The maximum atomic E-state index is 12.8. The lowest BCUT2D eigenvalue weighted by Crippen LogP contribution is -2.18. The average Bonchev–Trinajstić information content (AvgIpc) is 2.63. The molecule has 138 valence electrons. The normalized spacial score (nSPS) is 11.0. The summed E-state index contributed by atoms with van der Waals surface area (Å²) in [7, 11) is -3.51. The Hall–Kier alpha value is -3.12. The Bertz CT molecular complexity index is 1030. The van der Waals surface area contributed by atoms with Crippen LogP contribution in [-0.2, 0) is 16.4 Å². The fourth-order valence-electron chi connectivity index (χ4n) is 2.73. The lowest BCUT2D eigenvalue weighted by molar-refractivity contribution is 0.102. The van der Waals surface area contributed by atoms with Gasteiger partial charge in [0.2, 0.25) is 10.0 Å². The van der Waals surface area contributed by atoms with Gasteiger partial charge in [-0.2, -0.15) is 0 Å². The number of benzene rings is 3. The number of anilines is 2. The van der Waals surface area contributed by atoms with Gasteiger partial charge in [0.1, 0.15) is 0 Å². The van der Waals surface area contributed by atoms with Crippen molar-refractivity contribution in [1.29, 1.82) is 0 Å². The van der Waals surface area contributed by atoms with Gasteiger partial charge in [-0.1, -0.05) is 54.6 Å². The van der Waals surface area contributed by atoms with Gasteiger partial charge < -0.3 is 5.32 Å². The van der Waals surface area contributed by atoms with Crippen molar-refractivity contribution in [3.05, 3.63) is 95.6 Å². The Morgan fingerprint density at radius 1 is 0.852 bits per heavy atom. The predicted molar refractivity (Wildman–Crippen MR) is 109 cm³/mol. The summed E-state index contributed by atoms with van der Waals surface area (Å²) in [5.41, 5.74) is 3.19. The predicted octanol–water partition coefficient (Wildman–Crippen LogP) is 3.90. The van der Waals surface area contributed by atoms with E-state index in [0.717, 1.165) is 17.4 Å². The number of hydrogen-bond donors (Lipinski definition) is 2. The molecule has 3 rings (SSSR count). The fourth-order valence-corrected chi connectivity index (χ4v) is 3.31. The Balaban J connectivity index is 1.93. The summed E-state index contributed by atoms with van der Waals surface area (Å²) in [5, 5.41) is 2.80. The van der Waals surface area contributed by atoms with Gasteiger partial charge in [0.25, 0.3) is 5.91 Å². The zero-order chi connectivity index (χ0) is 19.3. The van der Waals surface area contributed by atoms with E-state index in [1.165, 1.54) is 0 Å². The number of carbonyl (C=O) groups is 1. The highest BCUT2D eigenvalue weighted by molar-refractivity contribution is 7.92. The third-order valence-electron chi connectivity index (χ3n) is 3.91. The van der Waals surface area contributed by atoms with Crippen molar-refractivity contribution in [2.24, 2.45) is 0 Å². The molecule has 0 saturated heterocycles. The zero-order valence-electron chi connectivity index (χ0n) is 14.8. The SMILES string of the molecule is CS(=O)(=O)Nc1ccc(Cc2ccccc2)cc1C(=O)Nc1ccccc1. The molecule has 0 aliphatic carbocycles. The first-order valence-electron chi connectivity index (χ1n) is 8.42. The van der Waals surface area contributed by atoms with Crippen LogP contribution in [0.1, 0.15) is 21.5 Å². The lowest BCUT2D eigenvalue weighted by Gasteiger charge is -2.13. The molecule has 27 heavy (non-hydrogen) atoms. The number of nitrogens with one attached hydrogen (secondary N) is 2. The molecular weight excluding hydrogens is 360 g/mol. The van der Waals surface area contributed by atoms with Gasteiger partial charge in [0.15, 0.2) is 0 Å². The molecule has 0 spiro atoms. The van der Waals surface area contributed by atoms with Crippen molar-refractivity contribution in [2.45, 2.75) is 6.42 Å². The summed E-state index contributed by atoms with van der Waals surface area (Å²) in [6, 6.07) is 24.1. The van der Waals surface area contributed by atoms with Crippen LogP contribution < -0.4 is 10.0 Å².